The molecular weight excluding hydrogens is 247 g/mol. The minimum Gasteiger partial charge on any atom is -0.465 e. The molecule has 1 atom stereocenters. The summed E-state index contributed by atoms with van der Waals surface area (Å²) in [7, 11) is 0. The molecule has 0 heterocycles. The summed E-state index contributed by atoms with van der Waals surface area (Å²) >= 11 is 0. The molecule has 4 heteroatoms. The number of hydrogen-bond donors (Lipinski definition) is 0. The van der Waals surface area contributed by atoms with Gasteiger partial charge in [-0.1, -0.05) is 12.1 Å². The summed E-state index contributed by atoms with van der Waals surface area (Å²) in [5.74, 6) is -1.73. The van der Waals surface area contributed by atoms with Gasteiger partial charge in [0.25, 0.3) is 0 Å². The summed E-state index contributed by atoms with van der Waals surface area (Å²) in [6, 6.07) is 5.99. The molecule has 2 rings (SSSR count). The highest BCUT2D eigenvalue weighted by molar-refractivity contribution is 6.01. The Balaban J connectivity index is 2.12. The van der Waals surface area contributed by atoms with E-state index < -0.39 is 11.9 Å². The van der Waals surface area contributed by atoms with Crippen LogP contribution in [0.2, 0.25) is 0 Å². The van der Waals surface area contributed by atoms with E-state index in [4.69, 9.17) is 4.74 Å². The number of hydrogen-bond acceptors (Lipinski definition) is 3. The Morgan fingerprint density at radius 3 is 2.74 bits per heavy atom. The van der Waals surface area contributed by atoms with Gasteiger partial charge in [0.2, 0.25) is 0 Å². The van der Waals surface area contributed by atoms with Crippen LogP contribution in [-0.2, 0) is 20.7 Å². The SMILES string of the molecule is CCOC(=O)C(Cc1cccc(F)c1)C(=O)C1CC1. The first-order valence-corrected chi connectivity index (χ1v) is 6.56. The second kappa shape index (κ2) is 5.95. The molecule has 1 fully saturated rings. The van der Waals surface area contributed by atoms with Crippen LogP contribution in [0.5, 0.6) is 0 Å². The average Bonchev–Trinajstić information content (AvgIpc) is 3.19. The average molecular weight is 264 g/mol. The highest BCUT2D eigenvalue weighted by atomic mass is 19.1. The van der Waals surface area contributed by atoms with Gasteiger partial charge in [0.05, 0.1) is 6.61 Å². The van der Waals surface area contributed by atoms with Gasteiger partial charge in [0, 0.05) is 5.92 Å². The summed E-state index contributed by atoms with van der Waals surface area (Å²) in [4.78, 5) is 24.0. The Morgan fingerprint density at radius 1 is 1.42 bits per heavy atom. The zero-order valence-electron chi connectivity index (χ0n) is 10.9. The number of ketones is 1. The summed E-state index contributed by atoms with van der Waals surface area (Å²) < 4.78 is 18.1. The van der Waals surface area contributed by atoms with Gasteiger partial charge in [0.1, 0.15) is 11.7 Å². The van der Waals surface area contributed by atoms with Crippen molar-refractivity contribution in [2.45, 2.75) is 26.2 Å². The maximum absolute atomic E-state index is 13.1. The van der Waals surface area contributed by atoms with Crippen LogP contribution in [0.1, 0.15) is 25.3 Å². The third kappa shape index (κ3) is 3.63. The minimum absolute atomic E-state index is 0.0111. The maximum atomic E-state index is 13.1. The number of benzene rings is 1. The van der Waals surface area contributed by atoms with Crippen molar-refractivity contribution in [2.24, 2.45) is 11.8 Å². The van der Waals surface area contributed by atoms with Crippen molar-refractivity contribution in [3.8, 4) is 0 Å². The van der Waals surface area contributed by atoms with E-state index in [-0.39, 0.29) is 30.5 Å². The zero-order chi connectivity index (χ0) is 13.8. The van der Waals surface area contributed by atoms with Crippen LogP contribution < -0.4 is 0 Å². The molecule has 0 spiro atoms. The van der Waals surface area contributed by atoms with E-state index in [1.165, 1.54) is 12.1 Å². The second-order valence-electron chi connectivity index (χ2n) is 4.82. The number of carbonyl (C=O) groups excluding carboxylic acids is 2. The third-order valence-electron chi connectivity index (χ3n) is 3.22. The smallest absolute Gasteiger partial charge is 0.316 e. The Morgan fingerprint density at radius 2 is 2.16 bits per heavy atom. The Labute approximate surface area is 111 Å². The topological polar surface area (TPSA) is 43.4 Å². The van der Waals surface area contributed by atoms with Crippen molar-refractivity contribution >= 4 is 11.8 Å². The van der Waals surface area contributed by atoms with E-state index in [1.54, 1.807) is 19.1 Å². The van der Waals surface area contributed by atoms with Crippen molar-refractivity contribution in [3.63, 3.8) is 0 Å². The predicted molar refractivity (Wildman–Crippen MR) is 68.0 cm³/mol. The number of Topliss-reactive ketones (excluding diaryl/α,β-unsaturated/α-hetero) is 1. The summed E-state index contributed by atoms with van der Waals surface area (Å²) in [6.07, 6.45) is 1.90. The van der Waals surface area contributed by atoms with Gasteiger partial charge in [-0.2, -0.15) is 0 Å². The molecule has 1 aliphatic rings. The van der Waals surface area contributed by atoms with E-state index in [0.29, 0.717) is 5.56 Å². The number of ether oxygens (including phenoxy) is 1. The van der Waals surface area contributed by atoms with Crippen LogP contribution in [0.25, 0.3) is 0 Å². The van der Waals surface area contributed by atoms with Crippen molar-refractivity contribution in [1.29, 1.82) is 0 Å². The Kier molecular flexibility index (Phi) is 4.30. The second-order valence-corrected chi connectivity index (χ2v) is 4.82. The first kappa shape index (κ1) is 13.7. The van der Waals surface area contributed by atoms with Crippen molar-refractivity contribution < 1.29 is 18.7 Å². The van der Waals surface area contributed by atoms with Crippen LogP contribution in [0.4, 0.5) is 4.39 Å². The fourth-order valence-electron chi connectivity index (χ4n) is 2.09. The standard InChI is InChI=1S/C15H17FO3/c1-2-19-15(18)13(14(17)11-6-7-11)9-10-4-3-5-12(16)8-10/h3-5,8,11,13H,2,6-7,9H2,1H3. The summed E-state index contributed by atoms with van der Waals surface area (Å²) in [5.41, 5.74) is 0.645. The van der Waals surface area contributed by atoms with Crippen molar-refractivity contribution in [3.05, 3.63) is 35.6 Å². The fraction of sp³-hybridized carbons (Fsp3) is 0.467. The van der Waals surface area contributed by atoms with Crippen molar-refractivity contribution in [2.75, 3.05) is 6.61 Å². The Bertz CT molecular complexity index is 480. The van der Waals surface area contributed by atoms with Gasteiger partial charge in [-0.05, 0) is 43.9 Å². The lowest BCUT2D eigenvalue weighted by Gasteiger charge is -2.14. The number of carbonyl (C=O) groups is 2. The molecule has 102 valence electrons. The van der Waals surface area contributed by atoms with Gasteiger partial charge >= 0.3 is 5.97 Å². The lowest BCUT2D eigenvalue weighted by molar-refractivity contribution is -0.151. The van der Waals surface area contributed by atoms with Gasteiger partial charge in [-0.15, -0.1) is 0 Å². The maximum Gasteiger partial charge on any atom is 0.316 e. The van der Waals surface area contributed by atoms with Crippen LogP contribution in [0.15, 0.2) is 24.3 Å². The molecule has 0 aliphatic heterocycles. The van der Waals surface area contributed by atoms with E-state index in [2.05, 4.69) is 0 Å². The van der Waals surface area contributed by atoms with E-state index in [0.717, 1.165) is 12.8 Å². The summed E-state index contributed by atoms with van der Waals surface area (Å²) in [5, 5.41) is 0. The van der Waals surface area contributed by atoms with E-state index in [9.17, 15) is 14.0 Å². The summed E-state index contributed by atoms with van der Waals surface area (Å²) in [6.45, 7) is 1.95. The van der Waals surface area contributed by atoms with Crippen LogP contribution >= 0.6 is 0 Å². The minimum atomic E-state index is -0.797. The molecule has 1 aromatic carbocycles. The lowest BCUT2D eigenvalue weighted by Crippen LogP contribution is -2.29. The number of rotatable bonds is 6. The van der Waals surface area contributed by atoms with E-state index in [1.807, 2.05) is 0 Å². The molecule has 0 aromatic heterocycles. The number of esters is 1. The van der Waals surface area contributed by atoms with Crippen LogP contribution in [0, 0.1) is 17.7 Å². The lowest BCUT2D eigenvalue weighted by atomic mass is 9.93. The molecule has 1 aromatic rings. The van der Waals surface area contributed by atoms with Crippen LogP contribution in [0.3, 0.4) is 0 Å². The monoisotopic (exact) mass is 264 g/mol. The molecular formula is C15H17FO3. The van der Waals surface area contributed by atoms with Crippen molar-refractivity contribution in [1.82, 2.24) is 0 Å². The first-order chi connectivity index (χ1) is 9.11. The van der Waals surface area contributed by atoms with Gasteiger partial charge in [-0.3, -0.25) is 9.59 Å². The Hall–Kier alpha value is -1.71. The largest absolute Gasteiger partial charge is 0.465 e. The normalized spacial score (nSPS) is 15.9. The van der Waals surface area contributed by atoms with E-state index >= 15 is 0 Å². The molecule has 1 unspecified atom stereocenters. The zero-order valence-corrected chi connectivity index (χ0v) is 10.9. The molecule has 0 radical (unpaired) electrons. The quantitative estimate of drug-likeness (QED) is 0.585. The van der Waals surface area contributed by atoms with Crippen LogP contribution in [-0.4, -0.2) is 18.4 Å². The molecule has 0 N–H and O–H groups in total. The fourth-order valence-corrected chi connectivity index (χ4v) is 2.09. The van der Waals surface area contributed by atoms with Gasteiger partial charge in [0.15, 0.2) is 5.78 Å². The third-order valence-corrected chi connectivity index (χ3v) is 3.22. The molecule has 1 saturated carbocycles. The molecule has 19 heavy (non-hydrogen) atoms. The number of halogens is 1. The molecule has 0 amide bonds. The molecule has 3 nitrogen and oxygen atoms in total. The molecule has 0 saturated heterocycles. The van der Waals surface area contributed by atoms with Gasteiger partial charge < -0.3 is 4.74 Å². The van der Waals surface area contributed by atoms with Gasteiger partial charge in [-0.25, -0.2) is 4.39 Å². The first-order valence-electron chi connectivity index (χ1n) is 6.56. The highest BCUT2D eigenvalue weighted by Gasteiger charge is 2.38. The molecule has 1 aliphatic carbocycles. The molecule has 0 bridgehead atoms. The highest BCUT2D eigenvalue weighted by Crippen LogP contribution is 2.33. The predicted octanol–water partition coefficient (Wildman–Crippen LogP) is 2.53.